The zero-order valence-corrected chi connectivity index (χ0v) is 11.1. The van der Waals surface area contributed by atoms with Crippen LogP contribution in [0.5, 0.6) is 0 Å². The van der Waals surface area contributed by atoms with Crippen LogP contribution in [0.3, 0.4) is 0 Å². The first-order chi connectivity index (χ1) is 8.58. The molecule has 1 aromatic rings. The molecule has 0 aliphatic carbocycles. The van der Waals surface area contributed by atoms with Gasteiger partial charge in [0.1, 0.15) is 6.54 Å². The molecule has 0 radical (unpaired) electrons. The zero-order chi connectivity index (χ0) is 13.5. The van der Waals surface area contributed by atoms with Crippen LogP contribution >= 0.6 is 0 Å². The number of nitrogens with zero attached hydrogens (tertiary/aromatic N) is 2. The predicted molar refractivity (Wildman–Crippen MR) is 72.3 cm³/mol. The Morgan fingerprint density at radius 2 is 1.89 bits per heavy atom. The average Bonchev–Trinajstić information content (AvgIpc) is 2.33. The lowest BCUT2D eigenvalue weighted by atomic mass is 10.3. The smallest absolute Gasteiger partial charge is 0.251 e. The Kier molecular flexibility index (Phi) is 5.42. The van der Waals surface area contributed by atoms with E-state index in [0.29, 0.717) is 5.69 Å². The summed E-state index contributed by atoms with van der Waals surface area (Å²) in [5.74, 6) is -0.0357. The fraction of sp³-hybridized carbons (Fsp3) is 0.538. The number of nitrogens with two attached hydrogens (primary N) is 1. The lowest BCUT2D eigenvalue weighted by Gasteiger charge is -2.21. The predicted octanol–water partition coefficient (Wildman–Crippen LogP) is 1.08. The van der Waals surface area contributed by atoms with E-state index in [1.54, 1.807) is 11.0 Å². The number of anilines is 1. The maximum Gasteiger partial charge on any atom is 0.251 e. The number of carbonyl (C=O) groups excluding carboxylic acids is 1. The number of carbonyl (C=O) groups is 1. The lowest BCUT2D eigenvalue weighted by Crippen LogP contribution is -2.37. The van der Waals surface area contributed by atoms with Crippen molar-refractivity contribution < 1.29 is 4.79 Å². The summed E-state index contributed by atoms with van der Waals surface area (Å²) in [6, 6.07) is 2.92. The molecule has 0 bridgehead atoms. The van der Waals surface area contributed by atoms with Crippen molar-refractivity contribution in [3.63, 3.8) is 0 Å². The van der Waals surface area contributed by atoms with E-state index in [1.165, 1.54) is 16.8 Å². The molecule has 18 heavy (non-hydrogen) atoms. The molecule has 0 unspecified atom stereocenters. The van der Waals surface area contributed by atoms with Crippen LogP contribution in [0.2, 0.25) is 0 Å². The number of rotatable bonds is 6. The van der Waals surface area contributed by atoms with Gasteiger partial charge in [-0.3, -0.25) is 9.59 Å². The van der Waals surface area contributed by atoms with Crippen molar-refractivity contribution >= 4 is 11.6 Å². The molecule has 2 N–H and O–H groups in total. The number of amides is 1. The first-order valence-electron chi connectivity index (χ1n) is 6.32. The second-order valence-corrected chi connectivity index (χ2v) is 4.31. The average molecular weight is 251 g/mol. The minimum atomic E-state index is -0.203. The fourth-order valence-electron chi connectivity index (χ4n) is 1.82. The third-order valence-electron chi connectivity index (χ3n) is 2.65. The Labute approximate surface area is 107 Å². The minimum Gasteiger partial charge on any atom is -0.398 e. The molecular weight excluding hydrogens is 230 g/mol. The molecular formula is C13H21N3O2. The fourth-order valence-corrected chi connectivity index (χ4v) is 1.82. The molecule has 0 spiro atoms. The van der Waals surface area contributed by atoms with Gasteiger partial charge in [-0.2, -0.15) is 0 Å². The standard InChI is InChI=1S/C13H21N3O2/c1-3-7-15(8-4-2)13(18)10-16-9-11(14)5-6-12(16)17/h5-6,9H,3-4,7-8,10,14H2,1-2H3. The van der Waals surface area contributed by atoms with Gasteiger partial charge in [-0.25, -0.2) is 0 Å². The Balaban J connectivity index is 2.78. The molecule has 0 fully saturated rings. The highest BCUT2D eigenvalue weighted by Crippen LogP contribution is 2.00. The van der Waals surface area contributed by atoms with Crippen molar-refractivity contribution in [3.8, 4) is 0 Å². The molecule has 5 heteroatoms. The van der Waals surface area contributed by atoms with Gasteiger partial charge in [0.15, 0.2) is 0 Å². The van der Waals surface area contributed by atoms with Crippen LogP contribution in [-0.2, 0) is 11.3 Å². The molecule has 0 saturated carbocycles. The van der Waals surface area contributed by atoms with E-state index < -0.39 is 0 Å². The van der Waals surface area contributed by atoms with E-state index in [9.17, 15) is 9.59 Å². The summed E-state index contributed by atoms with van der Waals surface area (Å²) in [5.41, 5.74) is 5.89. The molecule has 0 aliphatic rings. The topological polar surface area (TPSA) is 68.3 Å². The summed E-state index contributed by atoms with van der Waals surface area (Å²) in [7, 11) is 0. The monoisotopic (exact) mass is 251 g/mol. The van der Waals surface area contributed by atoms with Crippen LogP contribution in [-0.4, -0.2) is 28.5 Å². The van der Waals surface area contributed by atoms with E-state index in [-0.39, 0.29) is 18.0 Å². The van der Waals surface area contributed by atoms with Crippen LogP contribution in [0.1, 0.15) is 26.7 Å². The third kappa shape index (κ3) is 3.91. The molecule has 0 atom stereocenters. The summed E-state index contributed by atoms with van der Waals surface area (Å²) < 4.78 is 1.36. The number of pyridine rings is 1. The Morgan fingerprint density at radius 1 is 1.28 bits per heavy atom. The van der Waals surface area contributed by atoms with Crippen molar-refractivity contribution in [1.29, 1.82) is 0 Å². The third-order valence-corrected chi connectivity index (χ3v) is 2.65. The highest BCUT2D eigenvalue weighted by molar-refractivity contribution is 5.76. The Morgan fingerprint density at radius 3 is 2.44 bits per heavy atom. The van der Waals surface area contributed by atoms with Crippen molar-refractivity contribution in [2.45, 2.75) is 33.2 Å². The number of aromatic nitrogens is 1. The minimum absolute atomic E-state index is 0.0357. The highest BCUT2D eigenvalue weighted by atomic mass is 16.2. The van der Waals surface area contributed by atoms with E-state index in [0.717, 1.165) is 25.9 Å². The van der Waals surface area contributed by atoms with Gasteiger partial charge in [-0.05, 0) is 18.9 Å². The maximum atomic E-state index is 12.1. The molecule has 5 nitrogen and oxygen atoms in total. The maximum absolute atomic E-state index is 12.1. The molecule has 1 aromatic heterocycles. The van der Waals surface area contributed by atoms with Gasteiger partial charge >= 0.3 is 0 Å². The largest absolute Gasteiger partial charge is 0.398 e. The summed E-state index contributed by atoms with van der Waals surface area (Å²) in [6.45, 7) is 5.57. The van der Waals surface area contributed by atoms with E-state index >= 15 is 0 Å². The molecule has 1 rings (SSSR count). The number of nitrogen functional groups attached to an aromatic ring is 1. The molecule has 0 aliphatic heterocycles. The lowest BCUT2D eigenvalue weighted by molar-refractivity contribution is -0.132. The Bertz CT molecular complexity index is 448. The van der Waals surface area contributed by atoms with Gasteiger partial charge in [0.25, 0.3) is 5.56 Å². The number of hydrogen-bond acceptors (Lipinski definition) is 3. The van der Waals surface area contributed by atoms with Crippen molar-refractivity contribution in [1.82, 2.24) is 9.47 Å². The van der Waals surface area contributed by atoms with Gasteiger partial charge < -0.3 is 15.2 Å². The van der Waals surface area contributed by atoms with Crippen LogP contribution < -0.4 is 11.3 Å². The second-order valence-electron chi connectivity index (χ2n) is 4.31. The molecule has 100 valence electrons. The van der Waals surface area contributed by atoms with Crippen LogP contribution in [0, 0.1) is 0 Å². The Hall–Kier alpha value is -1.78. The molecule has 0 saturated heterocycles. The SMILES string of the molecule is CCCN(CCC)C(=O)Cn1cc(N)ccc1=O. The molecule has 0 aromatic carbocycles. The van der Waals surface area contributed by atoms with Crippen LogP contribution in [0.25, 0.3) is 0 Å². The zero-order valence-electron chi connectivity index (χ0n) is 11.1. The van der Waals surface area contributed by atoms with Crippen LogP contribution in [0.4, 0.5) is 5.69 Å². The van der Waals surface area contributed by atoms with Gasteiger partial charge in [0, 0.05) is 31.0 Å². The van der Waals surface area contributed by atoms with Gasteiger partial charge in [0.05, 0.1) is 0 Å². The van der Waals surface area contributed by atoms with Crippen molar-refractivity contribution in [3.05, 3.63) is 28.7 Å². The molecule has 1 amide bonds. The van der Waals surface area contributed by atoms with Crippen LogP contribution in [0.15, 0.2) is 23.1 Å². The molecule has 1 heterocycles. The summed E-state index contributed by atoms with van der Waals surface area (Å²) in [6.07, 6.45) is 3.34. The van der Waals surface area contributed by atoms with Gasteiger partial charge in [-0.15, -0.1) is 0 Å². The quantitative estimate of drug-likeness (QED) is 0.822. The summed E-state index contributed by atoms with van der Waals surface area (Å²) in [5, 5.41) is 0. The number of hydrogen-bond donors (Lipinski definition) is 1. The first kappa shape index (κ1) is 14.3. The van der Waals surface area contributed by atoms with Gasteiger partial charge in [0.2, 0.25) is 5.91 Å². The first-order valence-corrected chi connectivity index (χ1v) is 6.32. The van der Waals surface area contributed by atoms with E-state index in [4.69, 9.17) is 5.73 Å². The highest BCUT2D eigenvalue weighted by Gasteiger charge is 2.12. The van der Waals surface area contributed by atoms with E-state index in [1.807, 2.05) is 13.8 Å². The van der Waals surface area contributed by atoms with Gasteiger partial charge in [-0.1, -0.05) is 13.8 Å². The second kappa shape index (κ2) is 6.83. The van der Waals surface area contributed by atoms with Crippen molar-refractivity contribution in [2.24, 2.45) is 0 Å². The van der Waals surface area contributed by atoms with E-state index in [2.05, 4.69) is 0 Å². The van der Waals surface area contributed by atoms with Crippen molar-refractivity contribution in [2.75, 3.05) is 18.8 Å². The summed E-state index contributed by atoms with van der Waals surface area (Å²) in [4.78, 5) is 25.5. The summed E-state index contributed by atoms with van der Waals surface area (Å²) >= 11 is 0. The normalized spacial score (nSPS) is 10.3.